The first kappa shape index (κ1) is 22.7. The lowest BCUT2D eigenvalue weighted by atomic mass is 9.96. The molecule has 31 heavy (non-hydrogen) atoms. The maximum absolute atomic E-state index is 13.1. The highest BCUT2D eigenvalue weighted by molar-refractivity contribution is 9.10. The van der Waals surface area contributed by atoms with E-state index in [0.29, 0.717) is 30.7 Å². The number of ether oxygens (including phenoxy) is 1. The molecule has 0 saturated carbocycles. The molecule has 1 aliphatic rings. The number of amides is 3. The summed E-state index contributed by atoms with van der Waals surface area (Å²) in [5.74, 6) is -1.48. The molecule has 0 bridgehead atoms. The van der Waals surface area contributed by atoms with Gasteiger partial charge in [0.1, 0.15) is 11.6 Å². The summed E-state index contributed by atoms with van der Waals surface area (Å²) in [7, 11) is 0. The van der Waals surface area contributed by atoms with E-state index in [1.807, 2.05) is 6.07 Å². The molecule has 1 fully saturated rings. The SMILES string of the molecule is CC(Oc1cccc(Br)c1)C(=O)NNC(=O)C1CCCN(C(=O)c2ccc(F)cc2)C1. The molecule has 0 spiro atoms. The number of carbonyl (C=O) groups is 3. The van der Waals surface area contributed by atoms with Crippen LogP contribution in [0.2, 0.25) is 0 Å². The topological polar surface area (TPSA) is 87.7 Å². The molecule has 2 N–H and O–H groups in total. The molecule has 0 aliphatic carbocycles. The maximum atomic E-state index is 13.1. The Bertz CT molecular complexity index is 954. The molecular weight excluding hydrogens is 469 g/mol. The summed E-state index contributed by atoms with van der Waals surface area (Å²) in [4.78, 5) is 38.9. The predicted octanol–water partition coefficient (Wildman–Crippen LogP) is 3.06. The molecular formula is C22H23BrFN3O4. The summed E-state index contributed by atoms with van der Waals surface area (Å²) in [5.41, 5.74) is 5.17. The van der Waals surface area contributed by atoms with Crippen LogP contribution in [0.3, 0.4) is 0 Å². The molecule has 1 aliphatic heterocycles. The number of likely N-dealkylation sites (tertiary alicyclic amines) is 1. The number of carbonyl (C=O) groups excluding carboxylic acids is 3. The molecule has 0 aromatic heterocycles. The Kier molecular flexibility index (Phi) is 7.62. The molecule has 164 valence electrons. The molecule has 0 radical (unpaired) electrons. The van der Waals surface area contributed by atoms with Crippen LogP contribution < -0.4 is 15.6 Å². The van der Waals surface area contributed by atoms with Gasteiger partial charge < -0.3 is 9.64 Å². The van der Waals surface area contributed by atoms with Crippen molar-refractivity contribution >= 4 is 33.7 Å². The van der Waals surface area contributed by atoms with Crippen LogP contribution in [0.5, 0.6) is 5.75 Å². The van der Waals surface area contributed by atoms with Gasteiger partial charge in [0.25, 0.3) is 11.8 Å². The van der Waals surface area contributed by atoms with E-state index in [1.54, 1.807) is 30.0 Å². The highest BCUT2D eigenvalue weighted by atomic mass is 79.9. The minimum Gasteiger partial charge on any atom is -0.481 e. The number of piperidine rings is 1. The Labute approximate surface area is 188 Å². The molecule has 2 aromatic rings. The zero-order chi connectivity index (χ0) is 22.4. The minimum absolute atomic E-state index is 0.224. The van der Waals surface area contributed by atoms with Crippen molar-refractivity contribution < 1.29 is 23.5 Å². The molecule has 7 nitrogen and oxygen atoms in total. The lowest BCUT2D eigenvalue weighted by Gasteiger charge is -2.32. The molecule has 1 saturated heterocycles. The number of rotatable bonds is 5. The summed E-state index contributed by atoms with van der Waals surface area (Å²) in [5, 5.41) is 0. The molecule has 9 heteroatoms. The van der Waals surface area contributed by atoms with Crippen LogP contribution in [0.25, 0.3) is 0 Å². The van der Waals surface area contributed by atoms with E-state index < -0.39 is 23.7 Å². The fourth-order valence-electron chi connectivity index (χ4n) is 3.28. The molecule has 2 atom stereocenters. The fraction of sp³-hybridized carbons (Fsp3) is 0.318. The molecule has 2 unspecified atom stereocenters. The summed E-state index contributed by atoms with van der Waals surface area (Å²) in [6.07, 6.45) is 0.429. The highest BCUT2D eigenvalue weighted by Gasteiger charge is 2.29. The highest BCUT2D eigenvalue weighted by Crippen LogP contribution is 2.20. The normalized spacial score (nSPS) is 16.9. The Hall–Kier alpha value is -2.94. The van der Waals surface area contributed by atoms with Crippen LogP contribution in [-0.2, 0) is 9.59 Å². The van der Waals surface area contributed by atoms with E-state index in [1.165, 1.54) is 24.3 Å². The quantitative estimate of drug-likeness (QED) is 0.629. The number of hydrogen-bond donors (Lipinski definition) is 2. The summed E-state index contributed by atoms with van der Waals surface area (Å²) < 4.78 is 19.5. The van der Waals surface area contributed by atoms with Gasteiger partial charge in [-0.15, -0.1) is 0 Å². The number of benzene rings is 2. The third-order valence-electron chi connectivity index (χ3n) is 4.96. The first-order valence-electron chi connectivity index (χ1n) is 9.90. The van der Waals surface area contributed by atoms with Crippen LogP contribution in [0.15, 0.2) is 53.0 Å². The zero-order valence-corrected chi connectivity index (χ0v) is 18.5. The molecule has 1 heterocycles. The molecule has 2 aromatic carbocycles. The predicted molar refractivity (Wildman–Crippen MR) is 116 cm³/mol. The van der Waals surface area contributed by atoms with Crippen LogP contribution in [0.1, 0.15) is 30.1 Å². The first-order valence-corrected chi connectivity index (χ1v) is 10.7. The van der Waals surface area contributed by atoms with Crippen molar-refractivity contribution in [3.8, 4) is 5.75 Å². The van der Waals surface area contributed by atoms with Crippen molar-refractivity contribution in [1.82, 2.24) is 15.8 Å². The Morgan fingerprint density at radius 1 is 1.16 bits per heavy atom. The van der Waals surface area contributed by atoms with Gasteiger partial charge in [-0.25, -0.2) is 4.39 Å². The second kappa shape index (κ2) is 10.4. The number of nitrogens with zero attached hydrogens (tertiary/aromatic N) is 1. The van der Waals surface area contributed by atoms with Gasteiger partial charge in [0, 0.05) is 23.1 Å². The van der Waals surface area contributed by atoms with Gasteiger partial charge >= 0.3 is 0 Å². The average molecular weight is 492 g/mol. The van der Waals surface area contributed by atoms with Crippen LogP contribution in [-0.4, -0.2) is 41.8 Å². The van der Waals surface area contributed by atoms with Crippen molar-refractivity contribution in [2.75, 3.05) is 13.1 Å². The maximum Gasteiger partial charge on any atom is 0.279 e. The van der Waals surface area contributed by atoms with Gasteiger partial charge in [-0.3, -0.25) is 25.2 Å². The van der Waals surface area contributed by atoms with E-state index in [-0.39, 0.29) is 18.4 Å². The van der Waals surface area contributed by atoms with Gasteiger partial charge in [-0.2, -0.15) is 0 Å². The lowest BCUT2D eigenvalue weighted by Crippen LogP contribution is -2.52. The number of hydrogen-bond acceptors (Lipinski definition) is 4. The zero-order valence-electron chi connectivity index (χ0n) is 16.9. The second-order valence-electron chi connectivity index (χ2n) is 7.29. The Morgan fingerprint density at radius 2 is 1.90 bits per heavy atom. The van der Waals surface area contributed by atoms with E-state index in [2.05, 4.69) is 26.8 Å². The van der Waals surface area contributed by atoms with Crippen LogP contribution in [0, 0.1) is 11.7 Å². The standard InChI is InChI=1S/C22H23BrFN3O4/c1-14(31-19-6-2-5-17(23)12-19)20(28)25-26-21(29)16-4-3-11-27(13-16)22(30)15-7-9-18(24)10-8-15/h2,5-10,12,14,16H,3-4,11,13H2,1H3,(H,25,28)(H,26,29). The van der Waals surface area contributed by atoms with Crippen molar-refractivity contribution in [2.24, 2.45) is 5.92 Å². The van der Waals surface area contributed by atoms with Crippen molar-refractivity contribution in [1.29, 1.82) is 0 Å². The fourth-order valence-corrected chi connectivity index (χ4v) is 3.65. The molecule has 3 amide bonds. The van der Waals surface area contributed by atoms with Gasteiger partial charge in [-0.05, 0) is 62.2 Å². The van der Waals surface area contributed by atoms with Crippen molar-refractivity contribution in [3.05, 3.63) is 64.4 Å². The third kappa shape index (κ3) is 6.27. The van der Waals surface area contributed by atoms with Crippen molar-refractivity contribution in [3.63, 3.8) is 0 Å². The van der Waals surface area contributed by atoms with E-state index in [9.17, 15) is 18.8 Å². The van der Waals surface area contributed by atoms with Crippen LogP contribution in [0.4, 0.5) is 4.39 Å². The van der Waals surface area contributed by atoms with E-state index in [0.717, 1.165) is 4.47 Å². The van der Waals surface area contributed by atoms with E-state index >= 15 is 0 Å². The monoisotopic (exact) mass is 491 g/mol. The minimum atomic E-state index is -0.822. The van der Waals surface area contributed by atoms with Gasteiger partial charge in [-0.1, -0.05) is 22.0 Å². The number of halogens is 2. The summed E-state index contributed by atoms with van der Waals surface area (Å²) in [6.45, 7) is 2.32. The summed E-state index contributed by atoms with van der Waals surface area (Å²) >= 11 is 3.33. The number of hydrazine groups is 1. The molecule has 3 rings (SSSR count). The second-order valence-corrected chi connectivity index (χ2v) is 8.21. The Balaban J connectivity index is 1.49. The number of nitrogens with one attached hydrogen (secondary N) is 2. The van der Waals surface area contributed by atoms with Gasteiger partial charge in [0.15, 0.2) is 6.10 Å². The smallest absolute Gasteiger partial charge is 0.279 e. The van der Waals surface area contributed by atoms with Crippen molar-refractivity contribution in [2.45, 2.75) is 25.9 Å². The van der Waals surface area contributed by atoms with Gasteiger partial charge in [0.05, 0.1) is 5.92 Å². The summed E-state index contributed by atoms with van der Waals surface area (Å²) in [6, 6.07) is 12.4. The van der Waals surface area contributed by atoms with E-state index in [4.69, 9.17) is 4.74 Å². The van der Waals surface area contributed by atoms with Gasteiger partial charge in [0.2, 0.25) is 5.91 Å². The first-order chi connectivity index (χ1) is 14.8. The average Bonchev–Trinajstić information content (AvgIpc) is 2.77. The lowest BCUT2D eigenvalue weighted by molar-refractivity contribution is -0.135. The van der Waals surface area contributed by atoms with Crippen LogP contribution >= 0.6 is 15.9 Å². The largest absolute Gasteiger partial charge is 0.481 e. The third-order valence-corrected chi connectivity index (χ3v) is 5.45. The Morgan fingerprint density at radius 3 is 2.61 bits per heavy atom.